The maximum absolute atomic E-state index is 10.7. The van der Waals surface area contributed by atoms with Crippen molar-refractivity contribution in [1.82, 2.24) is 10.2 Å². The predicted molar refractivity (Wildman–Crippen MR) is 93.0 cm³/mol. The molecular weight excluding hydrogens is 308 g/mol. The highest BCUT2D eigenvalue weighted by molar-refractivity contribution is 5.80. The quantitative estimate of drug-likeness (QED) is 0.486. The maximum atomic E-state index is 10.7. The number of benzene rings is 1. The fourth-order valence-electron chi connectivity index (χ4n) is 2.56. The third-order valence-electron chi connectivity index (χ3n) is 3.76. The zero-order valence-electron chi connectivity index (χ0n) is 14.1. The number of ether oxygens (including phenoxy) is 1. The van der Waals surface area contributed by atoms with Gasteiger partial charge in [-0.3, -0.25) is 9.79 Å². The van der Waals surface area contributed by atoms with Gasteiger partial charge < -0.3 is 25.8 Å². The smallest absolute Gasteiger partial charge is 0.255 e. The number of carbonyl (C=O) groups excluding carboxylic acids is 1. The van der Waals surface area contributed by atoms with Gasteiger partial charge in [-0.1, -0.05) is 12.1 Å². The minimum absolute atomic E-state index is 0.114. The van der Waals surface area contributed by atoms with E-state index >= 15 is 0 Å². The summed E-state index contributed by atoms with van der Waals surface area (Å²) in [5.74, 6) is 0.993. The molecule has 1 fully saturated rings. The van der Waals surface area contributed by atoms with Crippen molar-refractivity contribution in [2.24, 2.45) is 10.7 Å². The highest BCUT2D eigenvalue weighted by Gasteiger charge is 2.22. The van der Waals surface area contributed by atoms with Gasteiger partial charge in [0.25, 0.3) is 5.91 Å². The number of aliphatic hydroxyl groups excluding tert-OH is 1. The fourth-order valence-corrected chi connectivity index (χ4v) is 2.56. The van der Waals surface area contributed by atoms with Gasteiger partial charge in [0.1, 0.15) is 5.75 Å². The minimum atomic E-state index is -0.489. The Balaban J connectivity index is 1.85. The number of guanidine groups is 1. The van der Waals surface area contributed by atoms with E-state index < -0.39 is 5.91 Å². The number of primary amides is 1. The van der Waals surface area contributed by atoms with Gasteiger partial charge >= 0.3 is 0 Å². The number of likely N-dealkylation sites (tertiary alicyclic amines) is 1. The zero-order valence-corrected chi connectivity index (χ0v) is 14.1. The van der Waals surface area contributed by atoms with E-state index in [0.29, 0.717) is 18.8 Å². The Morgan fingerprint density at radius 3 is 2.79 bits per heavy atom. The summed E-state index contributed by atoms with van der Waals surface area (Å²) in [6, 6.07) is 7.56. The van der Waals surface area contributed by atoms with Gasteiger partial charge in [0.2, 0.25) is 0 Å². The molecule has 1 aromatic carbocycles. The van der Waals surface area contributed by atoms with E-state index in [9.17, 15) is 9.90 Å². The number of amides is 1. The van der Waals surface area contributed by atoms with Crippen LogP contribution in [0.3, 0.4) is 0 Å². The van der Waals surface area contributed by atoms with Crippen LogP contribution >= 0.6 is 0 Å². The summed E-state index contributed by atoms with van der Waals surface area (Å²) in [4.78, 5) is 17.4. The molecule has 1 saturated heterocycles. The van der Waals surface area contributed by atoms with E-state index in [-0.39, 0.29) is 12.7 Å². The number of aliphatic hydroxyl groups is 1. The van der Waals surface area contributed by atoms with Gasteiger partial charge in [0.05, 0.1) is 6.10 Å². The van der Waals surface area contributed by atoms with Crippen molar-refractivity contribution in [3.8, 4) is 5.75 Å². The van der Waals surface area contributed by atoms with Gasteiger partial charge in [0, 0.05) is 26.2 Å². The first kappa shape index (κ1) is 18.1. The highest BCUT2D eigenvalue weighted by atomic mass is 16.5. The molecule has 7 nitrogen and oxygen atoms in total. The summed E-state index contributed by atoms with van der Waals surface area (Å²) in [6.07, 6.45) is 1.33. The number of hydrogen-bond donors (Lipinski definition) is 3. The summed E-state index contributed by atoms with van der Waals surface area (Å²) in [5, 5.41) is 12.9. The van der Waals surface area contributed by atoms with Crippen molar-refractivity contribution in [2.75, 3.05) is 32.8 Å². The standard InChI is InChI=1S/C17H26N4O3/c1-2-19-17(21-10-8-14(22)11-21)20-9-7-13-3-5-15(6-4-13)24-12-16(18)23/h3-6,14,22H,2,7-12H2,1H3,(H2,18,23)(H,19,20)/t14-/m1/s1. The second-order valence-corrected chi connectivity index (χ2v) is 5.77. The molecule has 0 spiro atoms. The van der Waals surface area contributed by atoms with Crippen LogP contribution in [0.4, 0.5) is 0 Å². The molecule has 1 atom stereocenters. The lowest BCUT2D eigenvalue weighted by molar-refractivity contribution is -0.119. The summed E-state index contributed by atoms with van der Waals surface area (Å²) in [7, 11) is 0. The third-order valence-corrected chi connectivity index (χ3v) is 3.76. The number of nitrogens with two attached hydrogens (primary N) is 1. The first-order chi connectivity index (χ1) is 11.6. The summed E-state index contributed by atoms with van der Waals surface area (Å²) < 4.78 is 5.23. The van der Waals surface area contributed by atoms with E-state index in [2.05, 4.69) is 15.2 Å². The lowest BCUT2D eigenvalue weighted by atomic mass is 10.1. The van der Waals surface area contributed by atoms with Crippen LogP contribution in [0.1, 0.15) is 18.9 Å². The molecule has 0 bridgehead atoms. The van der Waals surface area contributed by atoms with Crippen molar-refractivity contribution >= 4 is 11.9 Å². The Kier molecular flexibility index (Phi) is 6.87. The molecule has 0 aliphatic carbocycles. The fraction of sp³-hybridized carbons (Fsp3) is 0.529. The number of rotatable bonds is 7. The molecule has 1 aromatic rings. The van der Waals surface area contributed by atoms with Crippen LogP contribution in [0.5, 0.6) is 5.75 Å². The molecule has 7 heteroatoms. The van der Waals surface area contributed by atoms with Crippen LogP contribution in [0.15, 0.2) is 29.3 Å². The summed E-state index contributed by atoms with van der Waals surface area (Å²) in [6.45, 7) is 4.86. The molecule has 4 N–H and O–H groups in total. The lowest BCUT2D eigenvalue weighted by Gasteiger charge is -2.20. The number of β-amino-alcohol motifs (C(OH)–C–C–N with tert-alkyl or cyclic N) is 1. The molecule has 1 amide bonds. The van der Waals surface area contributed by atoms with Crippen molar-refractivity contribution in [3.05, 3.63) is 29.8 Å². The van der Waals surface area contributed by atoms with E-state index in [1.54, 1.807) is 0 Å². The Bertz CT molecular complexity index is 559. The monoisotopic (exact) mass is 334 g/mol. The van der Waals surface area contributed by atoms with Gasteiger partial charge in [-0.2, -0.15) is 0 Å². The lowest BCUT2D eigenvalue weighted by Crippen LogP contribution is -2.40. The largest absolute Gasteiger partial charge is 0.484 e. The molecule has 1 heterocycles. The van der Waals surface area contributed by atoms with Crippen LogP contribution < -0.4 is 15.8 Å². The number of hydrogen-bond acceptors (Lipinski definition) is 4. The Labute approximate surface area is 142 Å². The molecule has 24 heavy (non-hydrogen) atoms. The van der Waals surface area contributed by atoms with Crippen molar-refractivity contribution in [2.45, 2.75) is 25.9 Å². The predicted octanol–water partition coefficient (Wildman–Crippen LogP) is 0.125. The van der Waals surface area contributed by atoms with Gasteiger partial charge in [-0.25, -0.2) is 0 Å². The van der Waals surface area contributed by atoms with E-state index in [1.165, 1.54) is 0 Å². The van der Waals surface area contributed by atoms with Crippen LogP contribution in [0, 0.1) is 0 Å². The zero-order chi connectivity index (χ0) is 17.4. The first-order valence-corrected chi connectivity index (χ1v) is 8.30. The molecule has 132 valence electrons. The van der Waals surface area contributed by atoms with E-state index in [1.807, 2.05) is 31.2 Å². The van der Waals surface area contributed by atoms with Crippen molar-refractivity contribution < 1.29 is 14.6 Å². The highest BCUT2D eigenvalue weighted by Crippen LogP contribution is 2.13. The molecule has 2 rings (SSSR count). The third kappa shape index (κ3) is 5.73. The average molecular weight is 334 g/mol. The first-order valence-electron chi connectivity index (χ1n) is 8.30. The van der Waals surface area contributed by atoms with Gasteiger partial charge in [0.15, 0.2) is 12.6 Å². The SMILES string of the molecule is CCNC(=NCCc1ccc(OCC(N)=O)cc1)N1CC[C@@H](O)C1. The molecule has 1 aliphatic heterocycles. The summed E-state index contributed by atoms with van der Waals surface area (Å²) >= 11 is 0. The molecule has 0 unspecified atom stereocenters. The van der Waals surface area contributed by atoms with Crippen LogP contribution in [-0.4, -0.2) is 60.8 Å². The maximum Gasteiger partial charge on any atom is 0.255 e. The molecule has 1 aliphatic rings. The number of carbonyl (C=O) groups is 1. The number of nitrogens with zero attached hydrogens (tertiary/aromatic N) is 2. The summed E-state index contributed by atoms with van der Waals surface area (Å²) in [5.41, 5.74) is 6.19. The normalized spacial score (nSPS) is 17.8. The molecule has 0 saturated carbocycles. The second-order valence-electron chi connectivity index (χ2n) is 5.77. The van der Waals surface area contributed by atoms with Gasteiger partial charge in [-0.15, -0.1) is 0 Å². The van der Waals surface area contributed by atoms with Crippen molar-refractivity contribution in [1.29, 1.82) is 0 Å². The van der Waals surface area contributed by atoms with E-state index in [4.69, 9.17) is 10.5 Å². The molecule has 0 radical (unpaired) electrons. The minimum Gasteiger partial charge on any atom is -0.484 e. The number of nitrogens with one attached hydrogen (secondary N) is 1. The average Bonchev–Trinajstić information content (AvgIpc) is 2.99. The molecular formula is C17H26N4O3. The Hall–Kier alpha value is -2.28. The van der Waals surface area contributed by atoms with Crippen molar-refractivity contribution in [3.63, 3.8) is 0 Å². The van der Waals surface area contributed by atoms with Gasteiger partial charge in [-0.05, 0) is 37.5 Å². The second kappa shape index (κ2) is 9.12. The number of aliphatic imine (C=N–C) groups is 1. The Morgan fingerprint density at radius 2 is 2.21 bits per heavy atom. The topological polar surface area (TPSA) is 100 Å². The van der Waals surface area contributed by atoms with Crippen LogP contribution in [0.25, 0.3) is 0 Å². The Morgan fingerprint density at radius 1 is 1.46 bits per heavy atom. The van der Waals surface area contributed by atoms with E-state index in [0.717, 1.165) is 37.5 Å². The van der Waals surface area contributed by atoms with Crippen LogP contribution in [-0.2, 0) is 11.2 Å². The van der Waals surface area contributed by atoms with Crippen LogP contribution in [0.2, 0.25) is 0 Å². The molecule has 0 aromatic heterocycles.